The van der Waals surface area contributed by atoms with Gasteiger partial charge in [-0.25, -0.2) is 0 Å². The minimum Gasteiger partial charge on any atom is -0.493 e. The van der Waals surface area contributed by atoms with Gasteiger partial charge in [0.15, 0.2) is 18.0 Å². The van der Waals surface area contributed by atoms with Crippen LogP contribution in [0.1, 0.15) is 22.3 Å². The Balaban J connectivity index is 1.60. The Morgan fingerprint density at radius 1 is 1.07 bits per heavy atom. The van der Waals surface area contributed by atoms with Crippen molar-refractivity contribution in [3.8, 4) is 11.5 Å². The maximum absolute atomic E-state index is 12.8. The third kappa shape index (κ3) is 5.05. The molecule has 1 aliphatic heterocycles. The number of nitrogens with zero attached hydrogens (tertiary/aromatic N) is 1. The Bertz CT molecular complexity index is 898. The molecule has 1 aliphatic rings. The molecule has 162 valence electrons. The summed E-state index contributed by atoms with van der Waals surface area (Å²) in [5.74, 6) is 1.33. The van der Waals surface area contributed by atoms with E-state index in [1.165, 1.54) is 12.1 Å². The minimum absolute atomic E-state index is 0.0137. The Kier molecular flexibility index (Phi) is 6.55. The van der Waals surface area contributed by atoms with Crippen molar-refractivity contribution in [2.24, 2.45) is 0 Å². The second-order valence-corrected chi connectivity index (χ2v) is 7.55. The highest BCUT2D eigenvalue weighted by molar-refractivity contribution is 5.77. The van der Waals surface area contributed by atoms with Gasteiger partial charge in [0.25, 0.3) is 5.91 Å². The van der Waals surface area contributed by atoms with Gasteiger partial charge in [0.05, 0.1) is 26.8 Å². The van der Waals surface area contributed by atoms with E-state index in [9.17, 15) is 18.0 Å². The van der Waals surface area contributed by atoms with E-state index in [2.05, 4.69) is 0 Å². The number of alkyl halides is 3. The maximum Gasteiger partial charge on any atom is 0.416 e. The number of likely N-dealkylation sites (N-methyl/N-ethyl adjacent to an activating group) is 1. The summed E-state index contributed by atoms with van der Waals surface area (Å²) in [6.07, 6.45) is -3.61. The first kappa shape index (κ1) is 22.0. The summed E-state index contributed by atoms with van der Waals surface area (Å²) in [5, 5.41) is 0. The molecule has 0 aromatic heterocycles. The molecule has 5 nitrogen and oxygen atoms in total. The molecule has 0 saturated heterocycles. The number of hydrogen-bond acceptors (Lipinski definition) is 3. The Labute approximate surface area is 174 Å². The first-order chi connectivity index (χ1) is 14.2. The minimum atomic E-state index is -4.34. The molecule has 0 radical (unpaired) electrons. The quantitative estimate of drug-likeness (QED) is 0.776. The average Bonchev–Trinajstić information content (AvgIpc) is 2.71. The molecule has 0 aliphatic carbocycles. The number of hydrogen-bond donors (Lipinski definition) is 1. The third-order valence-electron chi connectivity index (χ3n) is 5.31. The lowest BCUT2D eigenvalue weighted by Crippen LogP contribution is -3.08. The first-order valence-electron chi connectivity index (χ1n) is 9.70. The number of carbonyl (C=O) groups excluding carboxylic acids is 1. The molecular formula is C22H26F3N2O3+. The fraction of sp³-hybridized carbons (Fsp3) is 0.409. The Hall–Kier alpha value is -2.74. The van der Waals surface area contributed by atoms with E-state index in [0.29, 0.717) is 31.1 Å². The fourth-order valence-corrected chi connectivity index (χ4v) is 3.69. The van der Waals surface area contributed by atoms with Gasteiger partial charge in [0.2, 0.25) is 0 Å². The molecule has 30 heavy (non-hydrogen) atoms. The number of fused-ring (bicyclic) bond motifs is 1. The topological polar surface area (TPSA) is 43.2 Å². The maximum atomic E-state index is 12.8. The van der Waals surface area contributed by atoms with Gasteiger partial charge in [0, 0.05) is 18.7 Å². The van der Waals surface area contributed by atoms with E-state index in [1.54, 1.807) is 14.2 Å². The molecule has 1 N–H and O–H groups in total. The Morgan fingerprint density at radius 3 is 2.23 bits per heavy atom. The van der Waals surface area contributed by atoms with Crippen LogP contribution in [0, 0.1) is 0 Å². The average molecular weight is 423 g/mol. The van der Waals surface area contributed by atoms with Crippen LogP contribution in [0.2, 0.25) is 0 Å². The van der Waals surface area contributed by atoms with Gasteiger partial charge in [-0.3, -0.25) is 4.79 Å². The van der Waals surface area contributed by atoms with E-state index in [0.717, 1.165) is 40.1 Å². The molecule has 1 amide bonds. The largest absolute Gasteiger partial charge is 0.493 e. The fourth-order valence-electron chi connectivity index (χ4n) is 3.69. The number of methoxy groups -OCH3 is 2. The van der Waals surface area contributed by atoms with Crippen molar-refractivity contribution in [2.45, 2.75) is 25.7 Å². The summed E-state index contributed by atoms with van der Waals surface area (Å²) in [5.41, 5.74) is 2.27. The number of amides is 1. The highest BCUT2D eigenvalue weighted by Crippen LogP contribution is 2.33. The number of nitrogens with one attached hydrogen (secondary N) is 1. The van der Waals surface area contributed by atoms with E-state index in [1.807, 2.05) is 24.1 Å². The standard InChI is InChI=1S/C22H25F3N2O3/c1-26(12-15-4-6-18(7-5-15)22(23,24)25)14-21(28)27-9-8-16-10-19(29-2)20(30-3)11-17(16)13-27/h4-7,10-11H,8-9,12-14H2,1-3H3/p+1. The molecule has 1 atom stereocenters. The van der Waals surface area contributed by atoms with Crippen LogP contribution in [-0.4, -0.2) is 45.2 Å². The molecule has 1 heterocycles. The van der Waals surface area contributed by atoms with Crippen LogP contribution in [0.5, 0.6) is 11.5 Å². The van der Waals surface area contributed by atoms with Crippen molar-refractivity contribution in [3.63, 3.8) is 0 Å². The zero-order chi connectivity index (χ0) is 21.9. The van der Waals surface area contributed by atoms with Crippen molar-refractivity contribution in [1.29, 1.82) is 0 Å². The number of carbonyl (C=O) groups is 1. The van der Waals surface area contributed by atoms with Crippen molar-refractivity contribution in [1.82, 2.24) is 4.90 Å². The lowest BCUT2D eigenvalue weighted by molar-refractivity contribution is -0.885. The summed E-state index contributed by atoms with van der Waals surface area (Å²) >= 11 is 0. The molecular weight excluding hydrogens is 397 g/mol. The molecule has 2 aromatic rings. The Morgan fingerprint density at radius 2 is 1.67 bits per heavy atom. The monoisotopic (exact) mass is 423 g/mol. The number of quaternary nitrogens is 1. The van der Waals surface area contributed by atoms with Crippen LogP contribution in [-0.2, 0) is 30.5 Å². The number of benzene rings is 2. The second-order valence-electron chi connectivity index (χ2n) is 7.55. The predicted octanol–water partition coefficient (Wildman–Crippen LogP) is 2.32. The van der Waals surface area contributed by atoms with Crippen LogP contribution in [0.25, 0.3) is 0 Å². The normalized spacial score (nSPS) is 14.8. The smallest absolute Gasteiger partial charge is 0.416 e. The van der Waals surface area contributed by atoms with Gasteiger partial charge in [-0.15, -0.1) is 0 Å². The lowest BCUT2D eigenvalue weighted by atomic mass is 9.98. The second kappa shape index (κ2) is 8.95. The first-order valence-corrected chi connectivity index (χ1v) is 9.70. The van der Waals surface area contributed by atoms with Crippen LogP contribution in [0.15, 0.2) is 36.4 Å². The van der Waals surface area contributed by atoms with Gasteiger partial charge in [-0.05, 0) is 41.8 Å². The lowest BCUT2D eigenvalue weighted by Gasteiger charge is -2.30. The van der Waals surface area contributed by atoms with Gasteiger partial charge >= 0.3 is 6.18 Å². The zero-order valence-corrected chi connectivity index (χ0v) is 17.3. The summed E-state index contributed by atoms with van der Waals surface area (Å²) in [6, 6.07) is 8.95. The number of halogens is 3. The summed E-state index contributed by atoms with van der Waals surface area (Å²) in [4.78, 5) is 15.5. The van der Waals surface area contributed by atoms with Gasteiger partial charge in [-0.1, -0.05) is 12.1 Å². The van der Waals surface area contributed by atoms with Crippen molar-refractivity contribution >= 4 is 5.91 Å². The number of rotatable bonds is 6. The van der Waals surface area contributed by atoms with Crippen molar-refractivity contribution < 1.29 is 32.3 Å². The van der Waals surface area contributed by atoms with E-state index < -0.39 is 11.7 Å². The predicted molar refractivity (Wildman–Crippen MR) is 106 cm³/mol. The molecule has 0 spiro atoms. The zero-order valence-electron chi connectivity index (χ0n) is 17.3. The summed E-state index contributed by atoms with van der Waals surface area (Å²) in [6.45, 7) is 1.86. The van der Waals surface area contributed by atoms with Crippen molar-refractivity contribution in [3.05, 3.63) is 58.7 Å². The van der Waals surface area contributed by atoms with Gasteiger partial charge in [-0.2, -0.15) is 13.2 Å². The third-order valence-corrected chi connectivity index (χ3v) is 5.31. The molecule has 1 unspecified atom stereocenters. The molecule has 0 saturated carbocycles. The molecule has 0 bridgehead atoms. The number of ether oxygens (including phenoxy) is 2. The molecule has 8 heteroatoms. The summed E-state index contributed by atoms with van der Waals surface area (Å²) < 4.78 is 48.8. The van der Waals surface area contributed by atoms with Crippen LogP contribution in [0.3, 0.4) is 0 Å². The van der Waals surface area contributed by atoms with E-state index >= 15 is 0 Å². The van der Waals surface area contributed by atoms with Crippen LogP contribution >= 0.6 is 0 Å². The SMILES string of the molecule is COc1cc2c(cc1OC)CN(C(=O)C[NH+](C)Cc1ccc(C(F)(F)F)cc1)CC2. The molecule has 0 fully saturated rings. The van der Waals surface area contributed by atoms with Gasteiger partial charge in [0.1, 0.15) is 6.54 Å². The van der Waals surface area contributed by atoms with E-state index in [-0.39, 0.29) is 12.5 Å². The molecule has 3 rings (SSSR count). The summed E-state index contributed by atoms with van der Waals surface area (Å²) in [7, 11) is 5.04. The van der Waals surface area contributed by atoms with Crippen LogP contribution in [0.4, 0.5) is 13.2 Å². The molecule has 2 aromatic carbocycles. The van der Waals surface area contributed by atoms with E-state index in [4.69, 9.17) is 9.47 Å². The van der Waals surface area contributed by atoms with Crippen molar-refractivity contribution in [2.75, 3.05) is 34.4 Å². The van der Waals surface area contributed by atoms with Crippen LogP contribution < -0.4 is 14.4 Å². The highest BCUT2D eigenvalue weighted by Gasteiger charge is 2.30. The van der Waals surface area contributed by atoms with Gasteiger partial charge < -0.3 is 19.3 Å². The highest BCUT2D eigenvalue weighted by atomic mass is 19.4.